The van der Waals surface area contributed by atoms with Gasteiger partial charge in [-0.25, -0.2) is 0 Å². The van der Waals surface area contributed by atoms with Crippen molar-refractivity contribution in [2.45, 2.75) is 58.4 Å². The minimum Gasteiger partial charge on any atom is -0.315 e. The fourth-order valence-electron chi connectivity index (χ4n) is 2.48. The molecule has 0 aromatic carbocycles. The van der Waals surface area contributed by atoms with Gasteiger partial charge in [0.05, 0.1) is 0 Å². The molecule has 0 aromatic heterocycles. The topological polar surface area (TPSA) is 15.3 Å². The normalized spacial score (nSPS) is 20.4. The summed E-state index contributed by atoms with van der Waals surface area (Å²) in [5.74, 6) is 0. The molecule has 1 atom stereocenters. The Morgan fingerprint density at radius 3 is 2.40 bits per heavy atom. The van der Waals surface area contributed by atoms with E-state index in [0.717, 1.165) is 6.04 Å². The first-order valence-corrected chi connectivity index (χ1v) is 6.83. The first kappa shape index (κ1) is 13.0. The summed E-state index contributed by atoms with van der Waals surface area (Å²) < 4.78 is 0. The molecule has 1 saturated heterocycles. The summed E-state index contributed by atoms with van der Waals surface area (Å²) in [7, 11) is 0. The predicted octanol–water partition coefficient (Wildman–Crippen LogP) is 2.64. The second-order valence-corrected chi connectivity index (χ2v) is 4.74. The first-order chi connectivity index (χ1) is 7.38. The molecule has 1 aliphatic rings. The fourth-order valence-corrected chi connectivity index (χ4v) is 2.48. The molecule has 0 spiro atoms. The van der Waals surface area contributed by atoms with Crippen LogP contribution in [0, 0.1) is 0 Å². The molecule has 0 saturated carbocycles. The lowest BCUT2D eigenvalue weighted by Gasteiger charge is -2.34. The highest BCUT2D eigenvalue weighted by Gasteiger charge is 2.18. The van der Waals surface area contributed by atoms with E-state index in [0.29, 0.717) is 0 Å². The van der Waals surface area contributed by atoms with E-state index in [9.17, 15) is 0 Å². The third kappa shape index (κ3) is 4.98. The van der Waals surface area contributed by atoms with Crippen LogP contribution in [0.25, 0.3) is 0 Å². The average Bonchev–Trinajstić information content (AvgIpc) is 2.29. The smallest absolute Gasteiger partial charge is 0.0220 e. The summed E-state index contributed by atoms with van der Waals surface area (Å²) in [6, 6.07) is 0.793. The van der Waals surface area contributed by atoms with Gasteiger partial charge in [-0.2, -0.15) is 0 Å². The van der Waals surface area contributed by atoms with Crippen molar-refractivity contribution in [2.24, 2.45) is 0 Å². The lowest BCUT2D eigenvalue weighted by molar-refractivity contribution is 0.152. The molecular weight excluding hydrogens is 184 g/mol. The molecule has 1 fully saturated rings. The van der Waals surface area contributed by atoms with Gasteiger partial charge in [0.1, 0.15) is 0 Å². The summed E-state index contributed by atoms with van der Waals surface area (Å²) in [4.78, 5) is 2.70. The number of nitrogens with zero attached hydrogens (tertiary/aromatic N) is 1. The average molecular weight is 212 g/mol. The Balaban J connectivity index is 2.26. The highest BCUT2D eigenvalue weighted by molar-refractivity contribution is 4.76. The van der Waals surface area contributed by atoms with Crippen molar-refractivity contribution < 1.29 is 0 Å². The quantitative estimate of drug-likeness (QED) is 0.653. The van der Waals surface area contributed by atoms with Crippen LogP contribution in [0.15, 0.2) is 0 Å². The van der Waals surface area contributed by atoms with Crippen molar-refractivity contribution in [1.29, 1.82) is 0 Å². The van der Waals surface area contributed by atoms with Crippen LogP contribution in [-0.4, -0.2) is 37.1 Å². The minimum atomic E-state index is 0.793. The van der Waals surface area contributed by atoms with E-state index in [1.165, 1.54) is 64.7 Å². The van der Waals surface area contributed by atoms with Gasteiger partial charge in [0, 0.05) is 12.6 Å². The molecule has 1 heterocycles. The van der Waals surface area contributed by atoms with E-state index in [1.54, 1.807) is 0 Å². The molecule has 0 aliphatic carbocycles. The maximum Gasteiger partial charge on any atom is 0.0220 e. The molecule has 0 bridgehead atoms. The molecular formula is C13H28N2. The maximum atomic E-state index is 3.58. The third-order valence-electron chi connectivity index (χ3n) is 3.34. The Morgan fingerprint density at radius 2 is 1.80 bits per heavy atom. The molecule has 1 rings (SSSR count). The Kier molecular flexibility index (Phi) is 7.03. The van der Waals surface area contributed by atoms with Gasteiger partial charge >= 0.3 is 0 Å². The highest BCUT2D eigenvalue weighted by Crippen LogP contribution is 2.14. The van der Waals surface area contributed by atoms with Crippen molar-refractivity contribution in [3.05, 3.63) is 0 Å². The van der Waals surface area contributed by atoms with Gasteiger partial charge in [-0.1, -0.05) is 26.7 Å². The van der Waals surface area contributed by atoms with E-state index in [1.807, 2.05) is 0 Å². The molecule has 1 unspecified atom stereocenters. The molecule has 0 amide bonds. The third-order valence-corrected chi connectivity index (χ3v) is 3.34. The molecule has 1 aliphatic heterocycles. The van der Waals surface area contributed by atoms with E-state index in [2.05, 4.69) is 24.1 Å². The number of hydrogen-bond donors (Lipinski definition) is 1. The number of hydrogen-bond acceptors (Lipinski definition) is 2. The van der Waals surface area contributed by atoms with E-state index >= 15 is 0 Å². The summed E-state index contributed by atoms with van der Waals surface area (Å²) >= 11 is 0. The predicted molar refractivity (Wildman–Crippen MR) is 67.3 cm³/mol. The van der Waals surface area contributed by atoms with Crippen LogP contribution in [0.2, 0.25) is 0 Å². The van der Waals surface area contributed by atoms with Crippen LogP contribution in [-0.2, 0) is 0 Å². The Morgan fingerprint density at radius 1 is 1.07 bits per heavy atom. The SMILES string of the molecule is CCCNCC(CCC)N1CCCCC1. The second kappa shape index (κ2) is 8.12. The number of likely N-dealkylation sites (tertiary alicyclic amines) is 1. The zero-order valence-corrected chi connectivity index (χ0v) is 10.6. The molecule has 90 valence electrons. The molecule has 2 heteroatoms. The molecule has 15 heavy (non-hydrogen) atoms. The zero-order valence-electron chi connectivity index (χ0n) is 10.6. The van der Waals surface area contributed by atoms with E-state index < -0.39 is 0 Å². The van der Waals surface area contributed by atoms with Gasteiger partial charge in [-0.15, -0.1) is 0 Å². The molecule has 1 N–H and O–H groups in total. The molecule has 0 aromatic rings. The molecule has 0 radical (unpaired) electrons. The monoisotopic (exact) mass is 212 g/mol. The minimum absolute atomic E-state index is 0.793. The first-order valence-electron chi connectivity index (χ1n) is 6.83. The van der Waals surface area contributed by atoms with Crippen molar-refractivity contribution >= 4 is 0 Å². The van der Waals surface area contributed by atoms with E-state index in [4.69, 9.17) is 0 Å². The second-order valence-electron chi connectivity index (χ2n) is 4.74. The van der Waals surface area contributed by atoms with Crippen LogP contribution >= 0.6 is 0 Å². The fraction of sp³-hybridized carbons (Fsp3) is 1.00. The Bertz CT molecular complexity index is 141. The summed E-state index contributed by atoms with van der Waals surface area (Å²) in [6.45, 7) is 9.58. The van der Waals surface area contributed by atoms with Gasteiger partial charge in [-0.3, -0.25) is 4.90 Å². The zero-order chi connectivity index (χ0) is 10.9. The summed E-state index contributed by atoms with van der Waals surface area (Å²) in [6.07, 6.45) is 8.18. The highest BCUT2D eigenvalue weighted by atomic mass is 15.2. The van der Waals surface area contributed by atoms with Crippen LogP contribution in [0.3, 0.4) is 0 Å². The number of rotatable bonds is 7. The van der Waals surface area contributed by atoms with Crippen LogP contribution in [0.4, 0.5) is 0 Å². The molecule has 2 nitrogen and oxygen atoms in total. The van der Waals surface area contributed by atoms with Gasteiger partial charge in [0.25, 0.3) is 0 Å². The largest absolute Gasteiger partial charge is 0.315 e. The van der Waals surface area contributed by atoms with Crippen molar-refractivity contribution in [1.82, 2.24) is 10.2 Å². The van der Waals surface area contributed by atoms with Crippen molar-refractivity contribution in [3.8, 4) is 0 Å². The van der Waals surface area contributed by atoms with Crippen molar-refractivity contribution in [3.63, 3.8) is 0 Å². The van der Waals surface area contributed by atoms with Crippen LogP contribution < -0.4 is 5.32 Å². The number of nitrogens with one attached hydrogen (secondary N) is 1. The maximum absolute atomic E-state index is 3.58. The van der Waals surface area contributed by atoms with Crippen LogP contribution in [0.1, 0.15) is 52.4 Å². The lowest BCUT2D eigenvalue weighted by Crippen LogP contribution is -2.45. The Hall–Kier alpha value is -0.0800. The standard InChI is InChI=1S/C13H28N2/c1-3-8-13(12-14-9-4-2)15-10-6-5-7-11-15/h13-14H,3-12H2,1-2H3. The number of piperidine rings is 1. The van der Waals surface area contributed by atoms with E-state index in [-0.39, 0.29) is 0 Å². The summed E-state index contributed by atoms with van der Waals surface area (Å²) in [5, 5.41) is 3.58. The van der Waals surface area contributed by atoms with Crippen LogP contribution in [0.5, 0.6) is 0 Å². The lowest BCUT2D eigenvalue weighted by atomic mass is 10.0. The van der Waals surface area contributed by atoms with Gasteiger partial charge in [-0.05, 0) is 45.3 Å². The van der Waals surface area contributed by atoms with Gasteiger partial charge in [0.15, 0.2) is 0 Å². The Labute approximate surface area is 95.4 Å². The van der Waals surface area contributed by atoms with Gasteiger partial charge in [0.2, 0.25) is 0 Å². The summed E-state index contributed by atoms with van der Waals surface area (Å²) in [5.41, 5.74) is 0. The van der Waals surface area contributed by atoms with Gasteiger partial charge < -0.3 is 5.32 Å². The van der Waals surface area contributed by atoms with Crippen molar-refractivity contribution in [2.75, 3.05) is 26.2 Å².